The van der Waals surface area contributed by atoms with Crippen LogP contribution >= 0.6 is 0 Å². The predicted octanol–water partition coefficient (Wildman–Crippen LogP) is 2.05. The Balaban J connectivity index is 2.14. The van der Waals surface area contributed by atoms with E-state index >= 15 is 0 Å². The highest BCUT2D eigenvalue weighted by atomic mass is 16.6. The number of nitrogens with zero attached hydrogens (tertiary/aromatic N) is 1. The fraction of sp³-hybridized carbons (Fsp3) is 0.889. The molecule has 2 aliphatic rings. The molecule has 0 saturated heterocycles. The van der Waals surface area contributed by atoms with Crippen molar-refractivity contribution >= 4 is 5.71 Å². The van der Waals surface area contributed by atoms with Crippen molar-refractivity contribution in [3.8, 4) is 0 Å². The average molecular weight is 153 g/mol. The molecule has 0 spiro atoms. The molecule has 0 aromatic heterocycles. The lowest BCUT2D eigenvalue weighted by atomic mass is 9.92. The first-order chi connectivity index (χ1) is 5.29. The van der Waals surface area contributed by atoms with Gasteiger partial charge in [0.1, 0.15) is 6.61 Å². The van der Waals surface area contributed by atoms with Gasteiger partial charge in [-0.2, -0.15) is 0 Å². The first kappa shape index (κ1) is 7.14. The summed E-state index contributed by atoms with van der Waals surface area (Å²) >= 11 is 0. The minimum atomic E-state index is 0.669. The van der Waals surface area contributed by atoms with Crippen LogP contribution in [0.2, 0.25) is 0 Å². The number of fused-ring (bicyclic) bond motifs is 1. The minimum absolute atomic E-state index is 0.669. The summed E-state index contributed by atoms with van der Waals surface area (Å²) < 4.78 is 0. The first-order valence-corrected chi connectivity index (χ1v) is 4.48. The number of hydrogen-bond donors (Lipinski definition) is 0. The maximum atomic E-state index is 5.08. The molecule has 0 bridgehead atoms. The van der Waals surface area contributed by atoms with Crippen molar-refractivity contribution in [2.45, 2.75) is 26.7 Å². The summed E-state index contributed by atoms with van der Waals surface area (Å²) in [5, 5.41) is 4.12. The molecule has 1 saturated carbocycles. The van der Waals surface area contributed by atoms with Crippen LogP contribution in [0, 0.1) is 17.8 Å². The van der Waals surface area contributed by atoms with E-state index in [2.05, 4.69) is 19.0 Å². The average Bonchev–Trinajstić information content (AvgIpc) is 2.41. The van der Waals surface area contributed by atoms with Crippen molar-refractivity contribution in [2.75, 3.05) is 6.61 Å². The molecule has 1 fully saturated rings. The van der Waals surface area contributed by atoms with Crippen LogP contribution < -0.4 is 0 Å². The zero-order chi connectivity index (χ0) is 7.84. The SMILES string of the molecule is CC(C)[C@@H]1CC[C@H]2CON=C21. The highest BCUT2D eigenvalue weighted by Crippen LogP contribution is 2.36. The van der Waals surface area contributed by atoms with Crippen molar-refractivity contribution < 1.29 is 4.84 Å². The second kappa shape index (κ2) is 2.50. The van der Waals surface area contributed by atoms with E-state index in [0.29, 0.717) is 11.8 Å². The Bertz CT molecular complexity index is 186. The van der Waals surface area contributed by atoms with Gasteiger partial charge >= 0.3 is 0 Å². The van der Waals surface area contributed by atoms with Crippen LogP contribution in [0.5, 0.6) is 0 Å². The fourth-order valence-electron chi connectivity index (χ4n) is 2.17. The molecule has 0 unspecified atom stereocenters. The molecule has 0 radical (unpaired) electrons. The number of hydrogen-bond acceptors (Lipinski definition) is 2. The lowest BCUT2D eigenvalue weighted by Gasteiger charge is -2.12. The van der Waals surface area contributed by atoms with Crippen molar-refractivity contribution in [2.24, 2.45) is 22.9 Å². The highest BCUT2D eigenvalue weighted by molar-refractivity contribution is 5.91. The predicted molar refractivity (Wildman–Crippen MR) is 44.4 cm³/mol. The van der Waals surface area contributed by atoms with E-state index in [1.165, 1.54) is 18.6 Å². The normalized spacial score (nSPS) is 35.4. The molecule has 2 atom stereocenters. The molecule has 0 aromatic rings. The van der Waals surface area contributed by atoms with Crippen LogP contribution in [0.3, 0.4) is 0 Å². The van der Waals surface area contributed by atoms with Crippen LogP contribution in [-0.4, -0.2) is 12.3 Å². The molecule has 11 heavy (non-hydrogen) atoms. The van der Waals surface area contributed by atoms with Crippen molar-refractivity contribution in [3.05, 3.63) is 0 Å². The second-order valence-corrected chi connectivity index (χ2v) is 3.94. The van der Waals surface area contributed by atoms with E-state index in [1.54, 1.807) is 0 Å². The van der Waals surface area contributed by atoms with E-state index in [4.69, 9.17) is 4.84 Å². The zero-order valence-corrected chi connectivity index (χ0v) is 7.21. The summed E-state index contributed by atoms with van der Waals surface area (Å²) in [5.74, 6) is 2.12. The molecule has 0 amide bonds. The Morgan fingerprint density at radius 3 is 3.00 bits per heavy atom. The van der Waals surface area contributed by atoms with Gasteiger partial charge in [-0.25, -0.2) is 0 Å². The quantitative estimate of drug-likeness (QED) is 0.565. The largest absolute Gasteiger partial charge is 0.395 e. The monoisotopic (exact) mass is 153 g/mol. The highest BCUT2D eigenvalue weighted by Gasteiger charge is 2.37. The van der Waals surface area contributed by atoms with Crippen LogP contribution in [-0.2, 0) is 4.84 Å². The van der Waals surface area contributed by atoms with Crippen LogP contribution in [0.15, 0.2) is 5.16 Å². The van der Waals surface area contributed by atoms with Gasteiger partial charge in [-0.05, 0) is 18.8 Å². The first-order valence-electron chi connectivity index (χ1n) is 4.48. The molecule has 2 rings (SSSR count). The van der Waals surface area contributed by atoms with E-state index in [-0.39, 0.29) is 0 Å². The van der Waals surface area contributed by atoms with Crippen LogP contribution in [0.25, 0.3) is 0 Å². The van der Waals surface area contributed by atoms with E-state index in [0.717, 1.165) is 12.5 Å². The molecule has 1 heterocycles. The summed E-state index contributed by atoms with van der Waals surface area (Å²) in [6.45, 7) is 5.39. The van der Waals surface area contributed by atoms with Gasteiger partial charge in [0.25, 0.3) is 0 Å². The van der Waals surface area contributed by atoms with Gasteiger partial charge in [-0.15, -0.1) is 0 Å². The summed E-state index contributed by atoms with van der Waals surface area (Å²) in [7, 11) is 0. The number of rotatable bonds is 1. The standard InChI is InChI=1S/C9H15NO/c1-6(2)8-4-3-7-5-11-10-9(7)8/h6-8H,3-5H2,1-2H3/t7-,8-/m0/s1. The summed E-state index contributed by atoms with van der Waals surface area (Å²) in [5.41, 5.74) is 1.35. The molecule has 2 heteroatoms. The maximum Gasteiger partial charge on any atom is 0.125 e. The van der Waals surface area contributed by atoms with Gasteiger partial charge in [-0.3, -0.25) is 0 Å². The Labute approximate surface area is 67.6 Å². The van der Waals surface area contributed by atoms with E-state index in [1.807, 2.05) is 0 Å². The molecule has 1 aliphatic heterocycles. The molecule has 1 aliphatic carbocycles. The Hall–Kier alpha value is -0.530. The van der Waals surface area contributed by atoms with Gasteiger partial charge in [0.15, 0.2) is 0 Å². The Morgan fingerprint density at radius 2 is 2.27 bits per heavy atom. The lowest BCUT2D eigenvalue weighted by molar-refractivity contribution is 0.150. The smallest absolute Gasteiger partial charge is 0.125 e. The Kier molecular flexibility index (Phi) is 1.63. The van der Waals surface area contributed by atoms with Gasteiger partial charge in [0, 0.05) is 11.8 Å². The van der Waals surface area contributed by atoms with Crippen LogP contribution in [0.1, 0.15) is 26.7 Å². The molecule has 2 nitrogen and oxygen atoms in total. The molecule has 0 aromatic carbocycles. The zero-order valence-electron chi connectivity index (χ0n) is 7.21. The van der Waals surface area contributed by atoms with E-state index < -0.39 is 0 Å². The molecule has 0 N–H and O–H groups in total. The maximum absolute atomic E-state index is 5.08. The van der Waals surface area contributed by atoms with Crippen LogP contribution in [0.4, 0.5) is 0 Å². The Morgan fingerprint density at radius 1 is 1.45 bits per heavy atom. The van der Waals surface area contributed by atoms with Crippen molar-refractivity contribution in [1.29, 1.82) is 0 Å². The lowest BCUT2D eigenvalue weighted by Crippen LogP contribution is -2.16. The van der Waals surface area contributed by atoms with Crippen molar-refractivity contribution in [3.63, 3.8) is 0 Å². The van der Waals surface area contributed by atoms with Gasteiger partial charge < -0.3 is 4.84 Å². The van der Waals surface area contributed by atoms with Gasteiger partial charge in [-0.1, -0.05) is 19.0 Å². The number of oxime groups is 1. The molecular formula is C9H15NO. The summed E-state index contributed by atoms with van der Waals surface area (Å²) in [4.78, 5) is 5.08. The van der Waals surface area contributed by atoms with Gasteiger partial charge in [0.2, 0.25) is 0 Å². The minimum Gasteiger partial charge on any atom is -0.395 e. The fourth-order valence-corrected chi connectivity index (χ4v) is 2.17. The molecule has 62 valence electrons. The van der Waals surface area contributed by atoms with E-state index in [9.17, 15) is 0 Å². The third kappa shape index (κ3) is 1.05. The topological polar surface area (TPSA) is 21.6 Å². The third-order valence-corrected chi connectivity index (χ3v) is 2.87. The third-order valence-electron chi connectivity index (χ3n) is 2.87. The summed E-state index contributed by atoms with van der Waals surface area (Å²) in [6.07, 6.45) is 2.62. The van der Waals surface area contributed by atoms with Gasteiger partial charge in [0.05, 0.1) is 5.71 Å². The second-order valence-electron chi connectivity index (χ2n) is 3.94. The molecular weight excluding hydrogens is 138 g/mol. The van der Waals surface area contributed by atoms with Crippen molar-refractivity contribution in [1.82, 2.24) is 0 Å². The summed E-state index contributed by atoms with van der Waals surface area (Å²) in [6, 6.07) is 0.